The second-order valence-corrected chi connectivity index (χ2v) is 7.70. The number of fused-ring (bicyclic) bond motifs is 1. The fraction of sp³-hybridized carbons (Fsp3) is 0.292. The van der Waals surface area contributed by atoms with Gasteiger partial charge in [-0.1, -0.05) is 57.4 Å². The summed E-state index contributed by atoms with van der Waals surface area (Å²) in [5, 5.41) is 0. The van der Waals surface area contributed by atoms with Crippen LogP contribution in [-0.2, 0) is 26.4 Å². The Morgan fingerprint density at radius 2 is 1.84 bits per heavy atom. The summed E-state index contributed by atoms with van der Waals surface area (Å²) in [6.45, 7) is 16.2. The molecule has 0 aliphatic rings. The minimum absolute atomic E-state index is 0. The van der Waals surface area contributed by atoms with Crippen molar-refractivity contribution >= 4 is 23.3 Å². The summed E-state index contributed by atoms with van der Waals surface area (Å²) in [6.07, 6.45) is 4.46. The third kappa shape index (κ3) is 5.07. The Hall–Kier alpha value is -1.64. The molecular weight excluding hydrogens is 415 g/mol. The van der Waals surface area contributed by atoms with E-state index in [9.17, 15) is 9.59 Å². The van der Waals surface area contributed by atoms with E-state index in [1.807, 2.05) is 32.0 Å². The maximum Gasteiger partial charge on any atom is 1.00 e. The van der Waals surface area contributed by atoms with Gasteiger partial charge >= 0.3 is 57.1 Å². The molecule has 0 saturated heterocycles. The van der Waals surface area contributed by atoms with Crippen LogP contribution in [0.2, 0.25) is 0 Å². The van der Waals surface area contributed by atoms with Crippen molar-refractivity contribution in [2.75, 3.05) is 0 Å². The van der Waals surface area contributed by atoms with E-state index in [1.165, 1.54) is 7.05 Å². The van der Waals surface area contributed by atoms with E-state index in [0.29, 0.717) is 36.4 Å². The number of aromatic nitrogens is 4. The SMILES string of the molecule is C=Cc1cccc(Cc2nc3c(nc2C[CH2-])c(=O)n(C)c(=O)n3CC(C)C)c1C=C.[K+]. The van der Waals surface area contributed by atoms with Crippen LogP contribution < -0.4 is 62.6 Å². The van der Waals surface area contributed by atoms with Gasteiger partial charge < -0.3 is 6.92 Å². The van der Waals surface area contributed by atoms with Gasteiger partial charge in [-0.25, -0.2) is 14.8 Å². The molecule has 0 atom stereocenters. The Kier molecular flexibility index (Phi) is 8.91. The molecule has 1 aromatic carbocycles. The molecule has 31 heavy (non-hydrogen) atoms. The largest absolute Gasteiger partial charge is 1.00 e. The Labute approximate surface area is 225 Å². The van der Waals surface area contributed by atoms with Crippen molar-refractivity contribution in [2.24, 2.45) is 13.0 Å². The van der Waals surface area contributed by atoms with Gasteiger partial charge in [-0.15, -0.1) is 6.42 Å². The molecule has 0 spiro atoms. The van der Waals surface area contributed by atoms with Crippen molar-refractivity contribution in [3.05, 3.63) is 87.2 Å². The number of nitrogens with zero attached hydrogens (tertiary/aromatic N) is 4. The molecule has 3 rings (SSSR count). The summed E-state index contributed by atoms with van der Waals surface area (Å²) in [4.78, 5) is 34.8. The van der Waals surface area contributed by atoms with Crippen LogP contribution in [0.15, 0.2) is 40.9 Å². The Morgan fingerprint density at radius 1 is 1.13 bits per heavy atom. The summed E-state index contributed by atoms with van der Waals surface area (Å²) in [7, 11) is 1.47. The van der Waals surface area contributed by atoms with E-state index in [0.717, 1.165) is 21.3 Å². The molecule has 0 bridgehead atoms. The van der Waals surface area contributed by atoms with Gasteiger partial charge in [0.1, 0.15) is 0 Å². The molecule has 0 unspecified atom stereocenters. The van der Waals surface area contributed by atoms with Crippen LogP contribution in [0.4, 0.5) is 0 Å². The molecule has 2 heterocycles. The fourth-order valence-corrected chi connectivity index (χ4v) is 3.61. The normalized spacial score (nSPS) is 10.9. The van der Waals surface area contributed by atoms with Crippen molar-refractivity contribution in [3.63, 3.8) is 0 Å². The molecule has 0 saturated carbocycles. The Balaban J connectivity index is 0.00000341. The second kappa shape index (κ2) is 10.8. The Bertz CT molecular complexity index is 1260. The van der Waals surface area contributed by atoms with Gasteiger partial charge in [0.05, 0.1) is 5.69 Å². The maximum absolute atomic E-state index is 12.8. The van der Waals surface area contributed by atoms with Gasteiger partial charge in [-0.3, -0.25) is 13.9 Å². The first-order valence-corrected chi connectivity index (χ1v) is 9.97. The summed E-state index contributed by atoms with van der Waals surface area (Å²) in [6, 6.07) is 5.95. The van der Waals surface area contributed by atoms with E-state index in [2.05, 4.69) is 25.1 Å². The molecule has 156 valence electrons. The van der Waals surface area contributed by atoms with Gasteiger partial charge in [0.2, 0.25) is 0 Å². The predicted octanol–water partition coefficient (Wildman–Crippen LogP) is 0.404. The predicted molar refractivity (Wildman–Crippen MR) is 122 cm³/mol. The molecule has 0 radical (unpaired) electrons. The first kappa shape index (κ1) is 25.6. The second-order valence-electron chi connectivity index (χ2n) is 7.70. The summed E-state index contributed by atoms with van der Waals surface area (Å²) < 4.78 is 2.63. The van der Waals surface area contributed by atoms with Gasteiger partial charge in [0.15, 0.2) is 11.2 Å². The average molecular weight is 443 g/mol. The molecule has 0 aliphatic carbocycles. The van der Waals surface area contributed by atoms with Crippen molar-refractivity contribution in [2.45, 2.75) is 33.2 Å². The van der Waals surface area contributed by atoms with E-state index in [-0.39, 0.29) is 68.5 Å². The van der Waals surface area contributed by atoms with Crippen LogP contribution in [0, 0.1) is 12.8 Å². The van der Waals surface area contributed by atoms with Crippen LogP contribution in [0.5, 0.6) is 0 Å². The molecule has 0 amide bonds. The van der Waals surface area contributed by atoms with Gasteiger partial charge in [0, 0.05) is 25.7 Å². The molecule has 0 fully saturated rings. The standard InChI is InChI=1S/C24H27N4O2.K/c1-7-16-11-10-12-17(18(16)8-2)13-20-19(9-3)25-21-22(26-20)28(14-15(4)5)24(30)27(6)23(21)29;/h7-8,10-12,15H,1-3,9,13-14H2,4-6H3;/q-1;+1. The monoisotopic (exact) mass is 442 g/mol. The quantitative estimate of drug-likeness (QED) is 0.392. The van der Waals surface area contributed by atoms with E-state index < -0.39 is 5.56 Å². The maximum atomic E-state index is 12.8. The molecule has 3 aromatic rings. The van der Waals surface area contributed by atoms with E-state index >= 15 is 0 Å². The van der Waals surface area contributed by atoms with Crippen LogP contribution in [-0.4, -0.2) is 19.1 Å². The third-order valence-corrected chi connectivity index (χ3v) is 5.11. The van der Waals surface area contributed by atoms with Crippen molar-refractivity contribution < 1.29 is 51.4 Å². The van der Waals surface area contributed by atoms with Gasteiger partial charge in [-0.2, -0.15) is 0 Å². The van der Waals surface area contributed by atoms with Gasteiger partial charge in [-0.05, 0) is 22.6 Å². The molecule has 7 heteroatoms. The van der Waals surface area contributed by atoms with E-state index in [4.69, 9.17) is 4.98 Å². The van der Waals surface area contributed by atoms with E-state index in [1.54, 1.807) is 16.7 Å². The third-order valence-electron chi connectivity index (χ3n) is 5.11. The number of hydrogen-bond acceptors (Lipinski definition) is 4. The van der Waals surface area contributed by atoms with Crippen molar-refractivity contribution in [3.8, 4) is 0 Å². The first-order valence-electron chi connectivity index (χ1n) is 9.97. The summed E-state index contributed by atoms with van der Waals surface area (Å²) in [5.74, 6) is 0.206. The smallest absolute Gasteiger partial charge is 0.338 e. The minimum Gasteiger partial charge on any atom is -0.338 e. The van der Waals surface area contributed by atoms with Crippen molar-refractivity contribution in [1.29, 1.82) is 0 Å². The van der Waals surface area contributed by atoms with Crippen LogP contribution in [0.1, 0.15) is 41.9 Å². The Morgan fingerprint density at radius 3 is 2.42 bits per heavy atom. The average Bonchev–Trinajstić information content (AvgIpc) is 2.74. The van der Waals surface area contributed by atoms with Crippen LogP contribution >= 0.6 is 0 Å². The fourth-order valence-electron chi connectivity index (χ4n) is 3.61. The number of hydrogen-bond donors (Lipinski definition) is 0. The van der Waals surface area contributed by atoms with Crippen LogP contribution in [0.25, 0.3) is 23.3 Å². The molecule has 0 aliphatic heterocycles. The zero-order valence-electron chi connectivity index (χ0n) is 18.8. The van der Waals surface area contributed by atoms with Gasteiger partial charge in [0.25, 0.3) is 5.56 Å². The van der Waals surface area contributed by atoms with Crippen LogP contribution in [0.3, 0.4) is 0 Å². The zero-order valence-corrected chi connectivity index (χ0v) is 21.9. The molecule has 0 N–H and O–H groups in total. The molecular formula is C24H27KN4O2. The topological polar surface area (TPSA) is 69.8 Å². The number of benzene rings is 1. The first-order chi connectivity index (χ1) is 14.3. The minimum atomic E-state index is -0.441. The summed E-state index contributed by atoms with van der Waals surface area (Å²) >= 11 is 0. The summed E-state index contributed by atoms with van der Waals surface area (Å²) in [5.41, 5.74) is 4.03. The van der Waals surface area contributed by atoms with Crippen molar-refractivity contribution in [1.82, 2.24) is 19.1 Å². The molecule has 6 nitrogen and oxygen atoms in total. The number of rotatable bonds is 7. The molecule has 2 aromatic heterocycles. The zero-order chi connectivity index (χ0) is 22.0.